The molecule has 0 bridgehead atoms. The van der Waals surface area contributed by atoms with Gasteiger partial charge in [0.15, 0.2) is 0 Å². The average Bonchev–Trinajstić information content (AvgIpc) is 2.95. The van der Waals surface area contributed by atoms with E-state index in [1.165, 1.54) is 19.3 Å². The van der Waals surface area contributed by atoms with Gasteiger partial charge >= 0.3 is 0 Å². The van der Waals surface area contributed by atoms with Gasteiger partial charge in [0.1, 0.15) is 6.10 Å². The number of halogens is 1. The Morgan fingerprint density at radius 3 is 2.81 bits per heavy atom. The first-order valence-corrected chi connectivity index (χ1v) is 6.98. The van der Waals surface area contributed by atoms with Crippen LogP contribution in [0.3, 0.4) is 0 Å². The molecule has 1 aromatic heterocycles. The van der Waals surface area contributed by atoms with E-state index in [9.17, 15) is 0 Å². The molecule has 1 aliphatic rings. The topological polar surface area (TPSA) is 35.2 Å². The van der Waals surface area contributed by atoms with Gasteiger partial charge in [-0.25, -0.2) is 0 Å². The largest absolute Gasteiger partial charge is 0.371 e. The lowest BCUT2D eigenvalue weighted by molar-refractivity contribution is 0.0370. The molecule has 1 saturated carbocycles. The van der Waals surface area contributed by atoms with Gasteiger partial charge in [-0.05, 0) is 31.4 Å². The summed E-state index contributed by atoms with van der Waals surface area (Å²) in [5, 5.41) is 0. The molecule has 16 heavy (non-hydrogen) atoms. The van der Waals surface area contributed by atoms with Crippen LogP contribution in [-0.4, -0.2) is 12.6 Å². The number of ether oxygens (including phenoxy) is 1. The Hall–Kier alpha value is -0.0900. The number of rotatable bonds is 6. The summed E-state index contributed by atoms with van der Waals surface area (Å²) in [5.41, 5.74) is 5.95. The van der Waals surface area contributed by atoms with E-state index in [0.29, 0.717) is 0 Å². The van der Waals surface area contributed by atoms with Crippen molar-refractivity contribution in [3.8, 4) is 0 Å². The average molecular weight is 260 g/mol. The van der Waals surface area contributed by atoms with Gasteiger partial charge in [0.05, 0.1) is 4.34 Å². The van der Waals surface area contributed by atoms with Crippen LogP contribution in [0.15, 0.2) is 12.1 Å². The van der Waals surface area contributed by atoms with Crippen molar-refractivity contribution in [2.75, 3.05) is 6.61 Å². The van der Waals surface area contributed by atoms with Crippen molar-refractivity contribution in [1.29, 1.82) is 0 Å². The summed E-state index contributed by atoms with van der Waals surface area (Å²) >= 11 is 7.48. The highest BCUT2D eigenvalue weighted by atomic mass is 35.5. The fourth-order valence-electron chi connectivity index (χ4n) is 1.74. The lowest BCUT2D eigenvalue weighted by Crippen LogP contribution is -2.26. The predicted molar refractivity (Wildman–Crippen MR) is 69.0 cm³/mol. The molecule has 90 valence electrons. The molecule has 1 heterocycles. The van der Waals surface area contributed by atoms with Gasteiger partial charge < -0.3 is 10.5 Å². The van der Waals surface area contributed by atoms with Gasteiger partial charge in [-0.2, -0.15) is 0 Å². The molecule has 0 aliphatic heterocycles. The molecule has 2 N–H and O–H groups in total. The second-order valence-corrected chi connectivity index (χ2v) is 6.27. The molecule has 2 unspecified atom stereocenters. The van der Waals surface area contributed by atoms with E-state index in [1.54, 1.807) is 11.3 Å². The molecule has 1 aliphatic carbocycles. The smallest absolute Gasteiger partial charge is 0.106 e. The second-order valence-electron chi connectivity index (χ2n) is 4.52. The Balaban J connectivity index is 1.88. The Morgan fingerprint density at radius 1 is 1.56 bits per heavy atom. The zero-order valence-corrected chi connectivity index (χ0v) is 11.1. The third-order valence-electron chi connectivity index (χ3n) is 2.87. The molecule has 2 rings (SSSR count). The van der Waals surface area contributed by atoms with Gasteiger partial charge in [0, 0.05) is 17.5 Å². The summed E-state index contributed by atoms with van der Waals surface area (Å²) in [4.78, 5) is 1.13. The summed E-state index contributed by atoms with van der Waals surface area (Å²) in [6.45, 7) is 2.79. The van der Waals surface area contributed by atoms with Crippen molar-refractivity contribution >= 4 is 22.9 Å². The molecule has 0 aromatic carbocycles. The molecule has 0 saturated heterocycles. The van der Waals surface area contributed by atoms with Crippen molar-refractivity contribution in [2.24, 2.45) is 11.7 Å². The van der Waals surface area contributed by atoms with E-state index in [4.69, 9.17) is 22.1 Å². The van der Waals surface area contributed by atoms with Crippen LogP contribution in [0, 0.1) is 5.92 Å². The van der Waals surface area contributed by atoms with Crippen molar-refractivity contribution in [3.63, 3.8) is 0 Å². The van der Waals surface area contributed by atoms with Crippen LogP contribution in [0.5, 0.6) is 0 Å². The Kier molecular flexibility index (Phi) is 4.25. The minimum atomic E-state index is -0.00347. The van der Waals surface area contributed by atoms with E-state index < -0.39 is 0 Å². The summed E-state index contributed by atoms with van der Waals surface area (Å²) in [6.07, 6.45) is 3.91. The highest BCUT2D eigenvalue weighted by molar-refractivity contribution is 7.16. The summed E-state index contributed by atoms with van der Waals surface area (Å²) in [5.74, 6) is 0.903. The van der Waals surface area contributed by atoms with Crippen molar-refractivity contribution in [3.05, 3.63) is 21.3 Å². The van der Waals surface area contributed by atoms with Crippen LogP contribution in [-0.2, 0) is 4.74 Å². The molecule has 2 nitrogen and oxygen atoms in total. The highest BCUT2D eigenvalue weighted by Crippen LogP contribution is 2.34. The number of thiophene rings is 1. The monoisotopic (exact) mass is 259 g/mol. The molecule has 2 atom stereocenters. The molecule has 1 fully saturated rings. The first-order chi connectivity index (χ1) is 7.66. The fraction of sp³-hybridized carbons (Fsp3) is 0.667. The molecule has 0 radical (unpaired) electrons. The number of hydrogen-bond acceptors (Lipinski definition) is 3. The quantitative estimate of drug-likeness (QED) is 0.847. The maximum atomic E-state index is 5.95. The van der Waals surface area contributed by atoms with E-state index >= 15 is 0 Å². The van der Waals surface area contributed by atoms with E-state index in [0.717, 1.165) is 21.7 Å². The van der Waals surface area contributed by atoms with Gasteiger partial charge in [-0.3, -0.25) is 0 Å². The second kappa shape index (κ2) is 5.50. The van der Waals surface area contributed by atoms with Gasteiger partial charge in [0.25, 0.3) is 0 Å². The van der Waals surface area contributed by atoms with Crippen molar-refractivity contribution < 1.29 is 4.74 Å². The SMILES string of the molecule is CC(N)C(OCCC1CC1)c1ccc(Cl)s1. The first-order valence-electron chi connectivity index (χ1n) is 5.79. The zero-order chi connectivity index (χ0) is 11.5. The fourth-order valence-corrected chi connectivity index (χ4v) is 2.97. The third-order valence-corrected chi connectivity index (χ3v) is 4.17. The minimum Gasteiger partial charge on any atom is -0.371 e. The van der Waals surface area contributed by atoms with E-state index in [1.807, 2.05) is 19.1 Å². The maximum absolute atomic E-state index is 5.95. The zero-order valence-electron chi connectivity index (χ0n) is 9.49. The van der Waals surface area contributed by atoms with Crippen molar-refractivity contribution in [1.82, 2.24) is 0 Å². The van der Waals surface area contributed by atoms with Gasteiger partial charge in [0.2, 0.25) is 0 Å². The van der Waals surface area contributed by atoms with Crippen LogP contribution in [0.1, 0.15) is 37.2 Å². The Morgan fingerprint density at radius 2 is 2.31 bits per heavy atom. The van der Waals surface area contributed by atoms with E-state index in [2.05, 4.69) is 0 Å². The van der Waals surface area contributed by atoms with Crippen LogP contribution in [0.25, 0.3) is 0 Å². The summed E-state index contributed by atoms with van der Waals surface area (Å²) in [7, 11) is 0. The van der Waals surface area contributed by atoms with Crippen LogP contribution in [0.2, 0.25) is 4.34 Å². The van der Waals surface area contributed by atoms with Crippen LogP contribution < -0.4 is 5.73 Å². The molecule has 0 amide bonds. The Labute approximate surface area is 106 Å². The molecule has 0 spiro atoms. The highest BCUT2D eigenvalue weighted by Gasteiger charge is 2.23. The predicted octanol–water partition coefficient (Wildman–Crippen LogP) is 3.61. The van der Waals surface area contributed by atoms with E-state index in [-0.39, 0.29) is 12.1 Å². The minimum absolute atomic E-state index is 0.00347. The van der Waals surface area contributed by atoms with Gasteiger partial charge in [-0.1, -0.05) is 24.4 Å². The van der Waals surface area contributed by atoms with Crippen LogP contribution >= 0.6 is 22.9 Å². The molecule has 4 heteroatoms. The number of nitrogens with two attached hydrogens (primary N) is 1. The van der Waals surface area contributed by atoms with Crippen LogP contribution in [0.4, 0.5) is 0 Å². The van der Waals surface area contributed by atoms with Crippen molar-refractivity contribution in [2.45, 2.75) is 38.3 Å². The third kappa shape index (κ3) is 3.45. The summed E-state index contributed by atoms with van der Waals surface area (Å²) in [6, 6.07) is 3.92. The molecular weight excluding hydrogens is 242 g/mol. The molecule has 1 aromatic rings. The standard InChI is InChI=1S/C12H18ClNOS/c1-8(14)12(10-4-5-11(13)16-10)15-7-6-9-2-3-9/h4-5,8-9,12H,2-3,6-7,14H2,1H3. The normalized spacial score (nSPS) is 19.7. The first kappa shape index (κ1) is 12.4. The lowest BCUT2D eigenvalue weighted by atomic mass is 10.1. The maximum Gasteiger partial charge on any atom is 0.106 e. The lowest BCUT2D eigenvalue weighted by Gasteiger charge is -2.20. The number of hydrogen-bond donors (Lipinski definition) is 1. The summed E-state index contributed by atoms with van der Waals surface area (Å²) < 4.78 is 6.68. The van der Waals surface area contributed by atoms with Gasteiger partial charge in [-0.15, -0.1) is 11.3 Å². The molecular formula is C12H18ClNOS. The Bertz CT molecular complexity index is 336.